The Hall–Kier alpha value is -3.04. The maximum Gasteiger partial charge on any atom is 0.248 e. The highest BCUT2D eigenvalue weighted by molar-refractivity contribution is 5.88. The molecule has 2 aliphatic heterocycles. The molecule has 1 atom stereocenters. The average Bonchev–Trinajstić information content (AvgIpc) is 2.78. The van der Waals surface area contributed by atoms with Gasteiger partial charge < -0.3 is 24.6 Å². The van der Waals surface area contributed by atoms with Crippen LogP contribution in [0.4, 0.5) is 11.5 Å². The van der Waals surface area contributed by atoms with E-state index in [0.29, 0.717) is 38.5 Å². The topological polar surface area (TPSA) is 96.9 Å². The molecule has 9 nitrogen and oxygen atoms in total. The Morgan fingerprint density at radius 3 is 2.69 bits per heavy atom. The van der Waals surface area contributed by atoms with Crippen LogP contribution in [-0.4, -0.2) is 72.7 Å². The summed E-state index contributed by atoms with van der Waals surface area (Å²) in [5.41, 5.74) is 3.53. The van der Waals surface area contributed by atoms with Crippen molar-refractivity contribution in [3.8, 4) is 11.4 Å². The van der Waals surface area contributed by atoms with Gasteiger partial charge in [-0.05, 0) is 37.6 Å². The number of hydrogen-bond donors (Lipinski definition) is 1. The van der Waals surface area contributed by atoms with Crippen LogP contribution in [0, 0.1) is 0 Å². The molecule has 0 saturated carbocycles. The van der Waals surface area contributed by atoms with Crippen LogP contribution >= 0.6 is 0 Å². The summed E-state index contributed by atoms with van der Waals surface area (Å²) in [6.45, 7) is 6.79. The monoisotopic (exact) mass is 439 g/mol. The third-order valence-electron chi connectivity index (χ3n) is 5.77. The Kier molecular flexibility index (Phi) is 6.66. The van der Waals surface area contributed by atoms with Gasteiger partial charge in [-0.25, -0.2) is 9.97 Å². The zero-order valence-corrected chi connectivity index (χ0v) is 18.8. The standard InChI is InChI=1S/C23H29N5O4/c1-15-13-32-11-10-28(15)23-19-8-9-27(21(30)14-31-3)12-20(19)25-22(26-23)17-4-6-18(7-5-17)24-16(2)29/h4-7,15H,8-14H2,1-3H3,(H,24,29)/t15-/m0/s1. The fourth-order valence-electron chi connectivity index (χ4n) is 4.15. The first kappa shape index (κ1) is 22.2. The van der Waals surface area contributed by atoms with E-state index in [2.05, 4.69) is 17.1 Å². The summed E-state index contributed by atoms with van der Waals surface area (Å²) >= 11 is 0. The molecular weight excluding hydrogens is 410 g/mol. The van der Waals surface area contributed by atoms with Crippen LogP contribution in [0.5, 0.6) is 0 Å². The van der Waals surface area contributed by atoms with Crippen LogP contribution in [0.1, 0.15) is 25.1 Å². The molecule has 4 rings (SSSR count). The lowest BCUT2D eigenvalue weighted by Crippen LogP contribution is -2.46. The van der Waals surface area contributed by atoms with Crippen LogP contribution < -0.4 is 10.2 Å². The first-order valence-electron chi connectivity index (χ1n) is 10.8. The summed E-state index contributed by atoms with van der Waals surface area (Å²) in [6.07, 6.45) is 0.700. The highest BCUT2D eigenvalue weighted by atomic mass is 16.5. The minimum Gasteiger partial charge on any atom is -0.377 e. The number of carbonyl (C=O) groups is 2. The fraction of sp³-hybridized carbons (Fsp3) is 0.478. The molecule has 170 valence electrons. The van der Waals surface area contributed by atoms with Gasteiger partial charge in [-0.3, -0.25) is 9.59 Å². The first-order valence-corrected chi connectivity index (χ1v) is 10.8. The van der Waals surface area contributed by atoms with Crippen LogP contribution in [0.2, 0.25) is 0 Å². The second-order valence-electron chi connectivity index (χ2n) is 8.17. The minimum atomic E-state index is -0.118. The maximum atomic E-state index is 12.4. The highest BCUT2D eigenvalue weighted by Gasteiger charge is 2.30. The van der Waals surface area contributed by atoms with Crippen molar-refractivity contribution in [1.29, 1.82) is 0 Å². The van der Waals surface area contributed by atoms with Crippen molar-refractivity contribution >= 4 is 23.3 Å². The van der Waals surface area contributed by atoms with Gasteiger partial charge in [0.15, 0.2) is 5.82 Å². The number of benzene rings is 1. The summed E-state index contributed by atoms with van der Waals surface area (Å²) in [4.78, 5) is 37.6. The molecule has 1 aromatic heterocycles. The van der Waals surface area contributed by atoms with Gasteiger partial charge in [0.2, 0.25) is 11.8 Å². The largest absolute Gasteiger partial charge is 0.377 e. The lowest BCUT2D eigenvalue weighted by molar-refractivity contribution is -0.136. The van der Waals surface area contributed by atoms with Gasteiger partial charge in [0.05, 0.1) is 31.5 Å². The predicted octanol–water partition coefficient (Wildman–Crippen LogP) is 1.86. The highest BCUT2D eigenvalue weighted by Crippen LogP contribution is 2.31. The number of carbonyl (C=O) groups excluding carboxylic acids is 2. The van der Waals surface area contributed by atoms with Crippen LogP contribution in [0.25, 0.3) is 11.4 Å². The van der Waals surface area contributed by atoms with Crippen molar-refractivity contribution in [2.24, 2.45) is 0 Å². The number of morpholine rings is 1. The molecule has 1 aromatic carbocycles. The Labute approximate surface area is 187 Å². The normalized spacial score (nSPS) is 18.3. The van der Waals surface area contributed by atoms with Gasteiger partial charge in [0.25, 0.3) is 0 Å². The lowest BCUT2D eigenvalue weighted by atomic mass is 10.0. The molecule has 0 aliphatic carbocycles. The number of rotatable bonds is 5. The molecule has 0 unspecified atom stereocenters. The molecule has 32 heavy (non-hydrogen) atoms. The van der Waals surface area contributed by atoms with Gasteiger partial charge in [0.1, 0.15) is 12.4 Å². The van der Waals surface area contributed by atoms with Crippen molar-refractivity contribution in [3.05, 3.63) is 35.5 Å². The molecule has 0 spiro atoms. The van der Waals surface area contributed by atoms with E-state index in [1.807, 2.05) is 24.3 Å². The molecule has 0 bridgehead atoms. The molecule has 1 saturated heterocycles. The fourth-order valence-corrected chi connectivity index (χ4v) is 4.15. The molecule has 1 N–H and O–H groups in total. The van der Waals surface area contributed by atoms with E-state index in [9.17, 15) is 9.59 Å². The minimum absolute atomic E-state index is 0.0423. The zero-order chi connectivity index (χ0) is 22.7. The van der Waals surface area contributed by atoms with Crippen molar-refractivity contribution in [3.63, 3.8) is 0 Å². The van der Waals surface area contributed by atoms with Crippen molar-refractivity contribution in [1.82, 2.24) is 14.9 Å². The maximum absolute atomic E-state index is 12.4. The Morgan fingerprint density at radius 2 is 2.00 bits per heavy atom. The molecule has 3 heterocycles. The summed E-state index contributed by atoms with van der Waals surface area (Å²) in [5, 5.41) is 2.77. The number of ether oxygens (including phenoxy) is 2. The smallest absolute Gasteiger partial charge is 0.248 e. The predicted molar refractivity (Wildman–Crippen MR) is 120 cm³/mol. The van der Waals surface area contributed by atoms with Crippen molar-refractivity contribution in [2.45, 2.75) is 32.9 Å². The van der Waals surface area contributed by atoms with E-state index in [-0.39, 0.29) is 24.5 Å². The number of aromatic nitrogens is 2. The summed E-state index contributed by atoms with van der Waals surface area (Å²) in [7, 11) is 1.53. The second kappa shape index (κ2) is 9.62. The van der Waals surface area contributed by atoms with E-state index < -0.39 is 0 Å². The van der Waals surface area contributed by atoms with Crippen molar-refractivity contribution < 1.29 is 19.1 Å². The third-order valence-corrected chi connectivity index (χ3v) is 5.77. The van der Waals surface area contributed by atoms with E-state index in [1.165, 1.54) is 14.0 Å². The Bertz CT molecular complexity index is 995. The van der Waals surface area contributed by atoms with Gasteiger partial charge >= 0.3 is 0 Å². The van der Waals surface area contributed by atoms with Crippen LogP contribution in [-0.2, 0) is 32.0 Å². The van der Waals surface area contributed by atoms with Gasteiger partial charge in [-0.2, -0.15) is 0 Å². The molecule has 2 aliphatic rings. The van der Waals surface area contributed by atoms with Crippen molar-refractivity contribution in [2.75, 3.05) is 50.2 Å². The Morgan fingerprint density at radius 1 is 1.22 bits per heavy atom. The van der Waals surface area contributed by atoms with E-state index in [0.717, 1.165) is 34.9 Å². The molecule has 2 amide bonds. The number of nitrogens with one attached hydrogen (secondary N) is 1. The average molecular weight is 440 g/mol. The number of amides is 2. The number of hydrogen-bond acceptors (Lipinski definition) is 7. The number of anilines is 2. The van der Waals surface area contributed by atoms with E-state index in [4.69, 9.17) is 19.4 Å². The first-order chi connectivity index (χ1) is 15.5. The second-order valence-corrected chi connectivity index (χ2v) is 8.17. The summed E-state index contributed by atoms with van der Waals surface area (Å²) in [5.74, 6) is 1.37. The zero-order valence-electron chi connectivity index (χ0n) is 18.8. The molecule has 0 radical (unpaired) electrons. The molecule has 2 aromatic rings. The van der Waals surface area contributed by atoms with Gasteiger partial charge in [0, 0.05) is 43.9 Å². The molecule has 1 fully saturated rings. The summed E-state index contributed by atoms with van der Waals surface area (Å²) in [6, 6.07) is 7.67. The summed E-state index contributed by atoms with van der Waals surface area (Å²) < 4.78 is 10.7. The number of nitrogens with zero attached hydrogens (tertiary/aromatic N) is 4. The van der Waals surface area contributed by atoms with Crippen LogP contribution in [0.15, 0.2) is 24.3 Å². The third kappa shape index (κ3) is 4.73. The SMILES string of the molecule is COCC(=O)N1CCc2c(nc(-c3ccc(NC(C)=O)cc3)nc2N2CCOC[C@@H]2C)C1. The Balaban J connectivity index is 1.72. The quantitative estimate of drug-likeness (QED) is 0.760. The number of methoxy groups -OCH3 is 1. The molecular formula is C23H29N5O4. The number of fused-ring (bicyclic) bond motifs is 1. The van der Waals surface area contributed by atoms with Gasteiger partial charge in [-0.15, -0.1) is 0 Å². The van der Waals surface area contributed by atoms with Gasteiger partial charge in [-0.1, -0.05) is 0 Å². The van der Waals surface area contributed by atoms with Crippen LogP contribution in [0.3, 0.4) is 0 Å². The molecule has 9 heteroatoms. The van der Waals surface area contributed by atoms with E-state index >= 15 is 0 Å². The van der Waals surface area contributed by atoms with E-state index in [1.54, 1.807) is 4.90 Å². The lowest BCUT2D eigenvalue weighted by Gasteiger charge is -2.37.